The van der Waals surface area contributed by atoms with Gasteiger partial charge in [-0.25, -0.2) is 4.98 Å². The molecule has 0 radical (unpaired) electrons. The van der Waals surface area contributed by atoms with E-state index < -0.39 is 0 Å². The molecule has 27 heavy (non-hydrogen) atoms. The third kappa shape index (κ3) is 8.30. The number of nitrogens with one attached hydrogen (secondary N) is 2. The van der Waals surface area contributed by atoms with Crippen LogP contribution in [0.4, 0.5) is 0 Å². The number of halogens is 1. The van der Waals surface area contributed by atoms with Crippen molar-refractivity contribution in [1.82, 2.24) is 20.5 Å². The summed E-state index contributed by atoms with van der Waals surface area (Å²) >= 11 is 0. The van der Waals surface area contributed by atoms with Gasteiger partial charge in [-0.05, 0) is 12.6 Å². The minimum absolute atomic E-state index is 0. The van der Waals surface area contributed by atoms with Gasteiger partial charge in [0, 0.05) is 32.1 Å². The Kier molecular flexibility index (Phi) is 9.79. The molecule has 2 rings (SSSR count). The van der Waals surface area contributed by atoms with Gasteiger partial charge in [-0.1, -0.05) is 51.1 Å². The molecular formula is C20H32IN5O. The smallest absolute Gasteiger partial charge is 0.213 e. The predicted molar refractivity (Wildman–Crippen MR) is 122 cm³/mol. The molecule has 0 unspecified atom stereocenters. The molecule has 150 valence electrons. The maximum atomic E-state index is 5.79. The molecule has 0 aliphatic carbocycles. The van der Waals surface area contributed by atoms with Crippen LogP contribution < -0.4 is 10.6 Å². The number of rotatable bonds is 7. The highest BCUT2D eigenvalue weighted by atomic mass is 127. The highest BCUT2D eigenvalue weighted by Gasteiger charge is 2.19. The van der Waals surface area contributed by atoms with Crippen molar-refractivity contribution in [2.24, 2.45) is 4.99 Å². The number of aromatic nitrogens is 1. The first-order valence-corrected chi connectivity index (χ1v) is 9.00. The fourth-order valence-electron chi connectivity index (χ4n) is 2.46. The molecule has 0 fully saturated rings. The predicted octanol–water partition coefficient (Wildman–Crippen LogP) is 3.39. The SMILES string of the molecule is CN=C(NCCN(C)Cc1ccccc1)NCc1ncc(C(C)(C)C)o1.I. The van der Waals surface area contributed by atoms with Crippen LogP contribution in [0.25, 0.3) is 0 Å². The quantitative estimate of drug-likeness (QED) is 0.358. The van der Waals surface area contributed by atoms with Crippen molar-refractivity contribution >= 4 is 29.9 Å². The molecule has 7 heteroatoms. The van der Waals surface area contributed by atoms with E-state index in [9.17, 15) is 0 Å². The summed E-state index contributed by atoms with van der Waals surface area (Å²) in [6, 6.07) is 10.5. The molecule has 2 aromatic rings. The second-order valence-electron chi connectivity index (χ2n) is 7.44. The zero-order valence-electron chi connectivity index (χ0n) is 17.0. The van der Waals surface area contributed by atoms with Gasteiger partial charge >= 0.3 is 0 Å². The van der Waals surface area contributed by atoms with E-state index in [1.807, 2.05) is 6.07 Å². The number of likely N-dealkylation sites (N-methyl/N-ethyl adjacent to an activating group) is 1. The molecule has 0 bridgehead atoms. The van der Waals surface area contributed by atoms with Gasteiger partial charge in [-0.3, -0.25) is 4.99 Å². The first kappa shape index (κ1) is 23.4. The second kappa shape index (κ2) is 11.3. The fraction of sp³-hybridized carbons (Fsp3) is 0.500. The highest BCUT2D eigenvalue weighted by Crippen LogP contribution is 2.22. The molecule has 1 heterocycles. The lowest BCUT2D eigenvalue weighted by Crippen LogP contribution is -2.40. The van der Waals surface area contributed by atoms with Crippen LogP contribution in [0.3, 0.4) is 0 Å². The van der Waals surface area contributed by atoms with Gasteiger partial charge in [0.1, 0.15) is 5.76 Å². The summed E-state index contributed by atoms with van der Waals surface area (Å²) in [6.07, 6.45) is 1.80. The summed E-state index contributed by atoms with van der Waals surface area (Å²) < 4.78 is 5.79. The third-order valence-electron chi connectivity index (χ3n) is 4.00. The van der Waals surface area contributed by atoms with Gasteiger partial charge in [-0.15, -0.1) is 24.0 Å². The number of hydrogen-bond acceptors (Lipinski definition) is 4. The topological polar surface area (TPSA) is 65.7 Å². The monoisotopic (exact) mass is 485 g/mol. The van der Waals surface area contributed by atoms with Gasteiger partial charge in [0.2, 0.25) is 5.89 Å². The first-order valence-electron chi connectivity index (χ1n) is 9.00. The summed E-state index contributed by atoms with van der Waals surface area (Å²) in [5, 5.41) is 6.56. The standard InChI is InChI=1S/C20H31N5O.HI/c1-20(2,3)17-13-23-18(26-17)14-24-19(21-4)22-11-12-25(5)15-16-9-7-6-8-10-16;/h6-10,13H,11-12,14-15H2,1-5H3,(H2,21,22,24);1H. The molecule has 0 atom stereocenters. The molecule has 0 aliphatic rings. The molecule has 1 aromatic heterocycles. The van der Waals surface area contributed by atoms with Gasteiger partial charge < -0.3 is 20.0 Å². The number of oxazole rings is 1. The lowest BCUT2D eigenvalue weighted by Gasteiger charge is -2.18. The van der Waals surface area contributed by atoms with Crippen molar-refractivity contribution in [3.63, 3.8) is 0 Å². The van der Waals surface area contributed by atoms with Gasteiger partial charge in [0.05, 0.1) is 12.7 Å². The largest absolute Gasteiger partial charge is 0.443 e. The van der Waals surface area contributed by atoms with E-state index in [0.29, 0.717) is 12.4 Å². The van der Waals surface area contributed by atoms with Crippen LogP contribution >= 0.6 is 24.0 Å². The van der Waals surface area contributed by atoms with E-state index >= 15 is 0 Å². The average Bonchev–Trinajstić information content (AvgIpc) is 3.08. The van der Waals surface area contributed by atoms with Crippen LogP contribution in [-0.2, 0) is 18.5 Å². The van der Waals surface area contributed by atoms with Crippen LogP contribution in [0.15, 0.2) is 45.9 Å². The zero-order valence-corrected chi connectivity index (χ0v) is 19.3. The van der Waals surface area contributed by atoms with Gasteiger partial charge in [0.15, 0.2) is 5.96 Å². The molecule has 0 saturated carbocycles. The molecule has 6 nitrogen and oxygen atoms in total. The summed E-state index contributed by atoms with van der Waals surface area (Å²) in [6.45, 7) is 9.49. The number of nitrogens with zero attached hydrogens (tertiary/aromatic N) is 3. The molecule has 0 saturated heterocycles. The highest BCUT2D eigenvalue weighted by molar-refractivity contribution is 14.0. The molecule has 2 N–H and O–H groups in total. The maximum absolute atomic E-state index is 5.79. The van der Waals surface area contributed by atoms with Crippen molar-refractivity contribution in [2.75, 3.05) is 27.2 Å². The van der Waals surface area contributed by atoms with E-state index in [0.717, 1.165) is 31.4 Å². The average molecular weight is 485 g/mol. The Labute approximate surface area is 179 Å². The van der Waals surface area contributed by atoms with E-state index in [2.05, 4.69) is 77.6 Å². The summed E-state index contributed by atoms with van der Waals surface area (Å²) in [4.78, 5) is 10.8. The Morgan fingerprint density at radius 1 is 1.19 bits per heavy atom. The van der Waals surface area contributed by atoms with Crippen molar-refractivity contribution in [3.05, 3.63) is 53.7 Å². The van der Waals surface area contributed by atoms with Crippen LogP contribution in [0.1, 0.15) is 38.0 Å². The number of aliphatic imine (C=N–C) groups is 1. The first-order chi connectivity index (χ1) is 12.4. The Balaban J connectivity index is 0.00000364. The van der Waals surface area contributed by atoms with Crippen LogP contribution in [0.2, 0.25) is 0 Å². The molecule has 0 amide bonds. The molecule has 1 aromatic carbocycles. The molecule has 0 aliphatic heterocycles. The summed E-state index contributed by atoms with van der Waals surface area (Å²) in [5.41, 5.74) is 1.28. The van der Waals surface area contributed by atoms with E-state index in [1.165, 1.54) is 5.56 Å². The summed E-state index contributed by atoms with van der Waals surface area (Å²) in [5.74, 6) is 2.30. The van der Waals surface area contributed by atoms with Crippen LogP contribution in [0.5, 0.6) is 0 Å². The van der Waals surface area contributed by atoms with Crippen LogP contribution in [0, 0.1) is 0 Å². The van der Waals surface area contributed by atoms with Gasteiger partial charge in [-0.2, -0.15) is 0 Å². The Hall–Kier alpha value is -1.61. The van der Waals surface area contributed by atoms with Gasteiger partial charge in [0.25, 0.3) is 0 Å². The van der Waals surface area contributed by atoms with E-state index in [4.69, 9.17) is 4.42 Å². The zero-order chi connectivity index (χ0) is 19.0. The second-order valence-corrected chi connectivity index (χ2v) is 7.44. The summed E-state index contributed by atoms with van der Waals surface area (Å²) in [7, 11) is 3.88. The molecular weight excluding hydrogens is 453 g/mol. The van der Waals surface area contributed by atoms with Crippen molar-refractivity contribution in [3.8, 4) is 0 Å². The van der Waals surface area contributed by atoms with E-state index in [1.54, 1.807) is 13.2 Å². The van der Waals surface area contributed by atoms with Crippen LogP contribution in [-0.4, -0.2) is 43.0 Å². The minimum Gasteiger partial charge on any atom is -0.443 e. The number of guanidine groups is 1. The normalized spacial score (nSPS) is 12.0. The number of benzene rings is 1. The lowest BCUT2D eigenvalue weighted by atomic mass is 9.94. The Morgan fingerprint density at radius 2 is 1.89 bits per heavy atom. The lowest BCUT2D eigenvalue weighted by molar-refractivity contribution is 0.331. The Morgan fingerprint density at radius 3 is 2.48 bits per heavy atom. The van der Waals surface area contributed by atoms with Crippen molar-refractivity contribution < 1.29 is 4.42 Å². The fourth-order valence-corrected chi connectivity index (χ4v) is 2.46. The van der Waals surface area contributed by atoms with Crippen molar-refractivity contribution in [1.29, 1.82) is 0 Å². The molecule has 0 spiro atoms. The Bertz CT molecular complexity index is 694. The third-order valence-corrected chi connectivity index (χ3v) is 4.00. The number of hydrogen-bond donors (Lipinski definition) is 2. The minimum atomic E-state index is -0.0332. The van der Waals surface area contributed by atoms with Crippen molar-refractivity contribution in [2.45, 2.75) is 39.3 Å². The van der Waals surface area contributed by atoms with E-state index in [-0.39, 0.29) is 29.4 Å². The maximum Gasteiger partial charge on any atom is 0.213 e.